The summed E-state index contributed by atoms with van der Waals surface area (Å²) in [5.74, 6) is 1.61. The molecule has 1 heterocycles. The summed E-state index contributed by atoms with van der Waals surface area (Å²) >= 11 is 0. The van der Waals surface area contributed by atoms with E-state index in [9.17, 15) is 4.79 Å². The maximum atomic E-state index is 10.9. The molecule has 134 valence electrons. The molecule has 0 saturated heterocycles. The SMILES string of the molecule is C/C=C\c1cc(-c2ccc(CCCCCC(=O)NO)cc2)oc1CC. The summed E-state index contributed by atoms with van der Waals surface area (Å²) < 4.78 is 5.98. The third-order valence-electron chi connectivity index (χ3n) is 4.24. The number of unbranched alkanes of at least 4 members (excludes halogenated alkanes) is 2. The molecule has 0 fully saturated rings. The molecule has 1 amide bonds. The van der Waals surface area contributed by atoms with Crippen molar-refractivity contribution < 1.29 is 14.4 Å². The molecule has 2 rings (SSSR count). The quantitative estimate of drug-likeness (QED) is 0.377. The van der Waals surface area contributed by atoms with Crippen molar-refractivity contribution >= 4 is 12.0 Å². The third-order valence-corrected chi connectivity index (χ3v) is 4.24. The number of benzene rings is 1. The maximum absolute atomic E-state index is 10.9. The summed E-state index contributed by atoms with van der Waals surface area (Å²) in [7, 11) is 0. The number of nitrogens with one attached hydrogen (secondary N) is 1. The van der Waals surface area contributed by atoms with Crippen LogP contribution in [-0.2, 0) is 17.6 Å². The highest BCUT2D eigenvalue weighted by molar-refractivity contribution is 5.74. The largest absolute Gasteiger partial charge is 0.460 e. The molecule has 1 aromatic carbocycles. The summed E-state index contributed by atoms with van der Waals surface area (Å²) in [5, 5.41) is 8.44. The van der Waals surface area contributed by atoms with Crippen molar-refractivity contribution in [1.29, 1.82) is 0 Å². The van der Waals surface area contributed by atoms with Crippen LogP contribution >= 0.6 is 0 Å². The zero-order valence-electron chi connectivity index (χ0n) is 15.0. The van der Waals surface area contributed by atoms with E-state index in [1.807, 2.05) is 13.0 Å². The number of allylic oxidation sites excluding steroid dienone is 1. The molecule has 0 aliphatic heterocycles. The van der Waals surface area contributed by atoms with Crippen LogP contribution in [0.3, 0.4) is 0 Å². The topological polar surface area (TPSA) is 62.5 Å². The first-order valence-corrected chi connectivity index (χ1v) is 8.95. The van der Waals surface area contributed by atoms with Crippen LogP contribution in [0.2, 0.25) is 0 Å². The van der Waals surface area contributed by atoms with Gasteiger partial charge in [-0.15, -0.1) is 0 Å². The Balaban J connectivity index is 1.90. The van der Waals surface area contributed by atoms with E-state index < -0.39 is 0 Å². The second-order valence-electron chi connectivity index (χ2n) is 6.14. The fraction of sp³-hybridized carbons (Fsp3) is 0.381. The minimum absolute atomic E-state index is 0.313. The molecule has 0 spiro atoms. The van der Waals surface area contributed by atoms with Crippen LogP contribution in [0.5, 0.6) is 0 Å². The van der Waals surface area contributed by atoms with Gasteiger partial charge >= 0.3 is 0 Å². The van der Waals surface area contributed by atoms with Crippen molar-refractivity contribution in [1.82, 2.24) is 5.48 Å². The highest BCUT2D eigenvalue weighted by Gasteiger charge is 2.09. The van der Waals surface area contributed by atoms with Gasteiger partial charge in [-0.05, 0) is 37.8 Å². The standard InChI is InChI=1S/C21H27NO3/c1-3-8-18-15-20(25-19(18)4-2)17-13-11-16(12-14-17)9-6-5-7-10-21(23)22-24/h3,8,11-15,24H,4-7,9-10H2,1-2H3,(H,22,23)/b8-3-. The molecule has 0 unspecified atom stereocenters. The second-order valence-corrected chi connectivity index (χ2v) is 6.14. The Bertz CT molecular complexity index is 698. The predicted molar refractivity (Wildman–Crippen MR) is 100 cm³/mol. The van der Waals surface area contributed by atoms with Gasteiger partial charge in [-0.25, -0.2) is 5.48 Å². The maximum Gasteiger partial charge on any atom is 0.243 e. The van der Waals surface area contributed by atoms with Crippen molar-refractivity contribution in [2.45, 2.75) is 52.4 Å². The van der Waals surface area contributed by atoms with Gasteiger partial charge in [-0.1, -0.05) is 49.8 Å². The first-order valence-electron chi connectivity index (χ1n) is 8.95. The van der Waals surface area contributed by atoms with E-state index in [0.29, 0.717) is 6.42 Å². The minimum atomic E-state index is -0.313. The molecule has 0 aliphatic carbocycles. The molecular weight excluding hydrogens is 314 g/mol. The van der Waals surface area contributed by atoms with Crippen molar-refractivity contribution in [2.24, 2.45) is 0 Å². The molecule has 1 aromatic heterocycles. The Labute approximate surface area is 149 Å². The molecule has 2 aromatic rings. The number of furan rings is 1. The van der Waals surface area contributed by atoms with Gasteiger partial charge in [0.05, 0.1) is 0 Å². The van der Waals surface area contributed by atoms with Crippen LogP contribution in [0.4, 0.5) is 0 Å². The Hall–Kier alpha value is -2.33. The monoisotopic (exact) mass is 341 g/mol. The lowest BCUT2D eigenvalue weighted by atomic mass is 10.0. The van der Waals surface area contributed by atoms with Crippen LogP contribution in [0.15, 0.2) is 40.8 Å². The van der Waals surface area contributed by atoms with Gasteiger partial charge in [0.1, 0.15) is 11.5 Å². The number of carbonyl (C=O) groups is 1. The van der Waals surface area contributed by atoms with E-state index in [2.05, 4.69) is 43.3 Å². The number of hydrogen-bond donors (Lipinski definition) is 2. The van der Waals surface area contributed by atoms with Crippen LogP contribution in [0.25, 0.3) is 17.4 Å². The van der Waals surface area contributed by atoms with Gasteiger partial charge < -0.3 is 4.42 Å². The number of rotatable bonds is 9. The number of hydrogen-bond acceptors (Lipinski definition) is 3. The average molecular weight is 341 g/mol. The fourth-order valence-electron chi connectivity index (χ4n) is 2.87. The van der Waals surface area contributed by atoms with Crippen molar-refractivity contribution in [3.8, 4) is 11.3 Å². The molecule has 0 atom stereocenters. The lowest BCUT2D eigenvalue weighted by Gasteiger charge is -2.03. The summed E-state index contributed by atoms with van der Waals surface area (Å²) in [4.78, 5) is 10.9. The van der Waals surface area contributed by atoms with Gasteiger partial charge in [-0.3, -0.25) is 10.0 Å². The molecule has 4 heteroatoms. The van der Waals surface area contributed by atoms with Crippen LogP contribution in [-0.4, -0.2) is 11.1 Å². The molecule has 0 aliphatic rings. The van der Waals surface area contributed by atoms with Crippen molar-refractivity contribution in [3.63, 3.8) is 0 Å². The van der Waals surface area contributed by atoms with Gasteiger partial charge in [0.2, 0.25) is 5.91 Å². The summed E-state index contributed by atoms with van der Waals surface area (Å²) in [6.45, 7) is 4.11. The first kappa shape index (κ1) is 19.0. The smallest absolute Gasteiger partial charge is 0.243 e. The molecule has 0 radical (unpaired) electrons. The Kier molecular flexibility index (Phi) is 7.48. The van der Waals surface area contributed by atoms with Crippen molar-refractivity contribution in [2.75, 3.05) is 0 Å². The zero-order valence-corrected chi connectivity index (χ0v) is 15.0. The number of amides is 1. The molecule has 0 saturated carbocycles. The highest BCUT2D eigenvalue weighted by Crippen LogP contribution is 2.27. The van der Waals surface area contributed by atoms with E-state index in [-0.39, 0.29) is 5.91 Å². The van der Waals surface area contributed by atoms with Crippen LogP contribution in [0.1, 0.15) is 56.4 Å². The van der Waals surface area contributed by atoms with Gasteiger partial charge in [-0.2, -0.15) is 0 Å². The van der Waals surface area contributed by atoms with E-state index >= 15 is 0 Å². The van der Waals surface area contributed by atoms with E-state index in [1.165, 1.54) is 5.56 Å². The average Bonchev–Trinajstić information content (AvgIpc) is 3.05. The number of aryl methyl sites for hydroxylation is 2. The first-order chi connectivity index (χ1) is 12.2. The Morgan fingerprint density at radius 2 is 1.96 bits per heavy atom. The third kappa shape index (κ3) is 5.61. The second kappa shape index (κ2) is 9.84. The lowest BCUT2D eigenvalue weighted by Crippen LogP contribution is -2.17. The molecule has 25 heavy (non-hydrogen) atoms. The van der Waals surface area contributed by atoms with Crippen LogP contribution < -0.4 is 5.48 Å². The number of carbonyl (C=O) groups excluding carboxylic acids is 1. The fourth-order valence-corrected chi connectivity index (χ4v) is 2.87. The minimum Gasteiger partial charge on any atom is -0.460 e. The normalized spacial score (nSPS) is 11.2. The van der Waals surface area contributed by atoms with Crippen LogP contribution in [0, 0.1) is 0 Å². The Morgan fingerprint density at radius 3 is 2.60 bits per heavy atom. The molecule has 0 bridgehead atoms. The van der Waals surface area contributed by atoms with Gasteiger partial charge in [0.25, 0.3) is 0 Å². The van der Waals surface area contributed by atoms with Crippen molar-refractivity contribution in [3.05, 3.63) is 53.3 Å². The summed E-state index contributed by atoms with van der Waals surface area (Å²) in [6, 6.07) is 10.6. The van der Waals surface area contributed by atoms with E-state index in [1.54, 1.807) is 5.48 Å². The molecular formula is C21H27NO3. The highest BCUT2D eigenvalue weighted by atomic mass is 16.5. The zero-order chi connectivity index (χ0) is 18.1. The van der Waals surface area contributed by atoms with E-state index in [4.69, 9.17) is 9.62 Å². The van der Waals surface area contributed by atoms with E-state index in [0.717, 1.165) is 54.8 Å². The predicted octanol–water partition coefficient (Wildman–Crippen LogP) is 5.15. The lowest BCUT2D eigenvalue weighted by molar-refractivity contribution is -0.129. The molecule has 4 nitrogen and oxygen atoms in total. The Morgan fingerprint density at radius 1 is 1.20 bits per heavy atom. The summed E-state index contributed by atoms with van der Waals surface area (Å²) in [5.41, 5.74) is 5.19. The van der Waals surface area contributed by atoms with Gasteiger partial charge in [0.15, 0.2) is 0 Å². The van der Waals surface area contributed by atoms with Gasteiger partial charge in [0, 0.05) is 24.0 Å². The number of hydroxylamine groups is 1. The summed E-state index contributed by atoms with van der Waals surface area (Å²) in [6.07, 6.45) is 9.16. The molecule has 2 N–H and O–H groups in total.